The summed E-state index contributed by atoms with van der Waals surface area (Å²) in [5.74, 6) is -0.596. The average molecular weight is 311 g/mol. The molecule has 1 amide bonds. The Kier molecular flexibility index (Phi) is 3.96. The Hall–Kier alpha value is -2.53. The molecule has 0 saturated carbocycles. The van der Waals surface area contributed by atoms with Crippen molar-refractivity contribution in [3.63, 3.8) is 0 Å². The average Bonchev–Trinajstić information content (AvgIpc) is 2.65. The van der Waals surface area contributed by atoms with Crippen molar-refractivity contribution >= 4 is 17.3 Å². The summed E-state index contributed by atoms with van der Waals surface area (Å²) >= 11 is 0. The number of nitrogens with zero attached hydrogens (tertiary/aromatic N) is 1. The van der Waals surface area contributed by atoms with Gasteiger partial charge in [-0.2, -0.15) is 0 Å². The summed E-state index contributed by atoms with van der Waals surface area (Å²) < 4.78 is 14.3. The molecule has 1 heterocycles. The number of nitrogens with two attached hydrogens (primary N) is 1. The molecule has 1 aliphatic heterocycles. The number of amides is 1. The molecule has 1 atom stereocenters. The van der Waals surface area contributed by atoms with Gasteiger partial charge in [-0.15, -0.1) is 0 Å². The molecule has 4 nitrogen and oxygen atoms in total. The molecule has 3 N–H and O–H groups in total. The number of hydrogen-bond acceptors (Lipinski definition) is 3. The highest BCUT2D eigenvalue weighted by Crippen LogP contribution is 2.32. The number of fused-ring (bicyclic) bond motifs is 1. The monoisotopic (exact) mass is 311 g/mol. The van der Waals surface area contributed by atoms with Crippen molar-refractivity contribution in [2.75, 3.05) is 5.32 Å². The lowest BCUT2D eigenvalue weighted by molar-refractivity contribution is -0.117. The maximum Gasteiger partial charge on any atom is 0.263 e. The standard InChI is InChI=1S/C18H18FN3O/c1-10(2)11-7-5-8-13-15(11)22-18(23)17(20)21-16(13)12-6-3-4-9-14(12)19/h3-10,17H,20H2,1-2H3,(H,22,23)/t17-/m0/s1. The highest BCUT2D eigenvalue weighted by atomic mass is 19.1. The molecule has 5 heteroatoms. The number of halogens is 1. The molecule has 0 bridgehead atoms. The summed E-state index contributed by atoms with van der Waals surface area (Å²) in [7, 11) is 0. The van der Waals surface area contributed by atoms with E-state index in [0.717, 1.165) is 5.56 Å². The molecular weight excluding hydrogens is 293 g/mol. The number of carbonyl (C=O) groups excluding carboxylic acids is 1. The Morgan fingerprint density at radius 1 is 1.13 bits per heavy atom. The minimum atomic E-state index is -1.07. The van der Waals surface area contributed by atoms with Crippen molar-refractivity contribution in [1.82, 2.24) is 0 Å². The predicted molar refractivity (Wildman–Crippen MR) is 89.2 cm³/mol. The first-order valence-corrected chi connectivity index (χ1v) is 7.51. The number of hydrogen-bond donors (Lipinski definition) is 2. The van der Waals surface area contributed by atoms with Gasteiger partial charge < -0.3 is 11.1 Å². The molecule has 1 aliphatic rings. The predicted octanol–water partition coefficient (Wildman–Crippen LogP) is 3.02. The summed E-state index contributed by atoms with van der Waals surface area (Å²) in [4.78, 5) is 16.4. The zero-order valence-electron chi connectivity index (χ0n) is 13.0. The molecule has 0 radical (unpaired) electrons. The number of rotatable bonds is 2. The van der Waals surface area contributed by atoms with Crippen LogP contribution in [0, 0.1) is 5.82 Å². The van der Waals surface area contributed by atoms with Crippen molar-refractivity contribution in [3.05, 3.63) is 65.0 Å². The molecule has 0 spiro atoms. The van der Waals surface area contributed by atoms with Gasteiger partial charge >= 0.3 is 0 Å². The largest absolute Gasteiger partial charge is 0.322 e. The van der Waals surface area contributed by atoms with Crippen molar-refractivity contribution < 1.29 is 9.18 Å². The van der Waals surface area contributed by atoms with Crippen LogP contribution >= 0.6 is 0 Å². The van der Waals surface area contributed by atoms with Crippen LogP contribution in [0.3, 0.4) is 0 Å². The fourth-order valence-corrected chi connectivity index (χ4v) is 2.72. The van der Waals surface area contributed by atoms with Gasteiger partial charge in [0.1, 0.15) is 5.82 Å². The van der Waals surface area contributed by atoms with Gasteiger partial charge in [0.2, 0.25) is 0 Å². The van der Waals surface area contributed by atoms with Crippen LogP contribution in [0.1, 0.15) is 36.5 Å². The van der Waals surface area contributed by atoms with Crippen LogP contribution in [0.25, 0.3) is 0 Å². The Balaban J connectivity index is 2.28. The summed E-state index contributed by atoms with van der Waals surface area (Å²) in [6, 6.07) is 12.0. The minimum absolute atomic E-state index is 0.196. The second-order valence-electron chi connectivity index (χ2n) is 5.82. The number of carbonyl (C=O) groups is 1. The van der Waals surface area contributed by atoms with Crippen molar-refractivity contribution in [2.45, 2.75) is 25.9 Å². The summed E-state index contributed by atoms with van der Waals surface area (Å²) in [5.41, 5.74) is 8.87. The van der Waals surface area contributed by atoms with Crippen molar-refractivity contribution in [2.24, 2.45) is 10.7 Å². The summed E-state index contributed by atoms with van der Waals surface area (Å²) in [6.45, 7) is 4.07. The molecular formula is C18H18FN3O. The third kappa shape index (κ3) is 2.75. The SMILES string of the molecule is CC(C)c1cccc2c1NC(=O)[C@@H](N)N=C2c1ccccc1F. The van der Waals surface area contributed by atoms with E-state index < -0.39 is 17.9 Å². The third-order valence-corrected chi connectivity index (χ3v) is 3.89. The van der Waals surface area contributed by atoms with Gasteiger partial charge in [0.25, 0.3) is 5.91 Å². The molecule has 23 heavy (non-hydrogen) atoms. The van der Waals surface area contributed by atoms with E-state index in [1.165, 1.54) is 6.07 Å². The van der Waals surface area contributed by atoms with Crippen LogP contribution < -0.4 is 11.1 Å². The zero-order chi connectivity index (χ0) is 16.6. The Bertz CT molecular complexity index is 799. The van der Waals surface area contributed by atoms with E-state index in [1.54, 1.807) is 18.2 Å². The fraction of sp³-hybridized carbons (Fsp3) is 0.222. The van der Waals surface area contributed by atoms with Gasteiger partial charge in [-0.3, -0.25) is 9.79 Å². The Morgan fingerprint density at radius 3 is 2.52 bits per heavy atom. The summed E-state index contributed by atoms with van der Waals surface area (Å²) in [5, 5.41) is 2.84. The van der Waals surface area contributed by atoms with Gasteiger partial charge in [0.15, 0.2) is 6.17 Å². The summed E-state index contributed by atoms with van der Waals surface area (Å²) in [6.07, 6.45) is -1.07. The highest BCUT2D eigenvalue weighted by molar-refractivity contribution is 6.20. The quantitative estimate of drug-likeness (QED) is 0.895. The molecule has 2 aromatic rings. The first-order valence-electron chi connectivity index (χ1n) is 7.51. The molecule has 0 unspecified atom stereocenters. The van der Waals surface area contributed by atoms with E-state index in [2.05, 4.69) is 10.3 Å². The smallest absolute Gasteiger partial charge is 0.263 e. The van der Waals surface area contributed by atoms with E-state index in [0.29, 0.717) is 22.5 Å². The maximum atomic E-state index is 14.3. The second kappa shape index (κ2) is 5.93. The first-order chi connectivity index (χ1) is 11.0. The van der Waals surface area contributed by atoms with E-state index in [1.807, 2.05) is 32.0 Å². The highest BCUT2D eigenvalue weighted by Gasteiger charge is 2.26. The van der Waals surface area contributed by atoms with E-state index in [-0.39, 0.29) is 5.92 Å². The Labute approximate surface area is 134 Å². The number of anilines is 1. The van der Waals surface area contributed by atoms with Crippen molar-refractivity contribution in [3.8, 4) is 0 Å². The number of nitrogens with one attached hydrogen (secondary N) is 1. The van der Waals surface area contributed by atoms with Gasteiger partial charge in [-0.25, -0.2) is 4.39 Å². The van der Waals surface area contributed by atoms with Gasteiger partial charge in [0, 0.05) is 11.1 Å². The molecule has 0 saturated heterocycles. The minimum Gasteiger partial charge on any atom is -0.322 e. The van der Waals surface area contributed by atoms with E-state index in [9.17, 15) is 9.18 Å². The Morgan fingerprint density at radius 2 is 1.83 bits per heavy atom. The topological polar surface area (TPSA) is 67.5 Å². The maximum absolute atomic E-state index is 14.3. The van der Waals surface area contributed by atoms with Gasteiger partial charge in [0.05, 0.1) is 11.4 Å². The number of benzene rings is 2. The lowest BCUT2D eigenvalue weighted by Gasteiger charge is -2.17. The zero-order valence-corrected chi connectivity index (χ0v) is 13.0. The van der Waals surface area contributed by atoms with Crippen LogP contribution in [-0.4, -0.2) is 17.8 Å². The van der Waals surface area contributed by atoms with Crippen LogP contribution in [-0.2, 0) is 4.79 Å². The lowest BCUT2D eigenvalue weighted by atomic mass is 9.93. The molecule has 0 fully saturated rings. The molecule has 3 rings (SSSR count). The molecule has 118 valence electrons. The first kappa shape index (κ1) is 15.4. The van der Waals surface area contributed by atoms with Crippen LogP contribution in [0.2, 0.25) is 0 Å². The van der Waals surface area contributed by atoms with Crippen LogP contribution in [0.5, 0.6) is 0 Å². The van der Waals surface area contributed by atoms with Crippen LogP contribution in [0.4, 0.5) is 10.1 Å². The lowest BCUT2D eigenvalue weighted by Crippen LogP contribution is -2.33. The number of benzodiazepines with no additional fused rings is 1. The third-order valence-electron chi connectivity index (χ3n) is 3.89. The van der Waals surface area contributed by atoms with Crippen molar-refractivity contribution in [1.29, 1.82) is 0 Å². The van der Waals surface area contributed by atoms with Gasteiger partial charge in [-0.1, -0.05) is 44.2 Å². The van der Waals surface area contributed by atoms with Crippen LogP contribution in [0.15, 0.2) is 47.5 Å². The van der Waals surface area contributed by atoms with E-state index >= 15 is 0 Å². The number of aliphatic imine (C=N–C) groups is 1. The van der Waals surface area contributed by atoms with E-state index in [4.69, 9.17) is 5.73 Å². The molecule has 0 aromatic heterocycles. The fourth-order valence-electron chi connectivity index (χ4n) is 2.72. The van der Waals surface area contributed by atoms with Gasteiger partial charge in [-0.05, 0) is 23.6 Å². The second-order valence-corrected chi connectivity index (χ2v) is 5.82. The normalized spacial score (nSPS) is 17.3. The molecule has 0 aliphatic carbocycles. The number of para-hydroxylation sites is 1. The molecule has 2 aromatic carbocycles.